The summed E-state index contributed by atoms with van der Waals surface area (Å²) in [5.74, 6) is -1.23. The van der Waals surface area contributed by atoms with Gasteiger partial charge in [0.05, 0.1) is 11.6 Å². The second kappa shape index (κ2) is 6.92. The number of hydrogen-bond acceptors (Lipinski definition) is 5. The van der Waals surface area contributed by atoms with Gasteiger partial charge in [-0.25, -0.2) is 14.6 Å². The molecule has 1 rings (SSSR count). The summed E-state index contributed by atoms with van der Waals surface area (Å²) in [5, 5.41) is 24.8. The molecule has 8 heteroatoms. The van der Waals surface area contributed by atoms with Crippen LogP contribution in [0.1, 0.15) is 17.8 Å². The zero-order chi connectivity index (χ0) is 13.5. The number of aliphatic carboxylic acids is 1. The minimum Gasteiger partial charge on any atom is -0.480 e. The second-order valence-electron chi connectivity index (χ2n) is 3.70. The largest absolute Gasteiger partial charge is 0.480 e. The fourth-order valence-electron chi connectivity index (χ4n) is 1.21. The topological polar surface area (TPSA) is 112 Å². The molecule has 4 N–H and O–H groups in total. The van der Waals surface area contributed by atoms with E-state index in [1.54, 1.807) is 6.20 Å². The van der Waals surface area contributed by atoms with Gasteiger partial charge in [0.2, 0.25) is 0 Å². The quantitative estimate of drug-likeness (QED) is 0.582. The first-order chi connectivity index (χ1) is 8.54. The van der Waals surface area contributed by atoms with Gasteiger partial charge >= 0.3 is 12.0 Å². The van der Waals surface area contributed by atoms with Gasteiger partial charge in [-0.05, 0) is 0 Å². The number of carboxylic acids is 1. The molecule has 2 atom stereocenters. The van der Waals surface area contributed by atoms with Gasteiger partial charge in [-0.2, -0.15) is 0 Å². The number of thiazole rings is 1. The zero-order valence-corrected chi connectivity index (χ0v) is 10.6. The Kier molecular flexibility index (Phi) is 5.53. The van der Waals surface area contributed by atoms with Crippen molar-refractivity contribution in [3.8, 4) is 0 Å². The monoisotopic (exact) mass is 273 g/mol. The molecule has 0 aromatic carbocycles. The van der Waals surface area contributed by atoms with Gasteiger partial charge in [-0.3, -0.25) is 0 Å². The Bertz CT molecular complexity index is 396. The van der Waals surface area contributed by atoms with Crippen molar-refractivity contribution in [1.82, 2.24) is 15.6 Å². The molecule has 100 valence electrons. The molecule has 0 aliphatic rings. The molecular weight excluding hydrogens is 258 g/mol. The summed E-state index contributed by atoms with van der Waals surface area (Å²) >= 11 is 1.49. The van der Waals surface area contributed by atoms with Crippen LogP contribution in [0.5, 0.6) is 0 Å². The van der Waals surface area contributed by atoms with Crippen LogP contribution < -0.4 is 10.6 Å². The van der Waals surface area contributed by atoms with Crippen molar-refractivity contribution in [2.45, 2.75) is 18.9 Å². The average molecular weight is 273 g/mol. The predicted octanol–water partition coefficient (Wildman–Crippen LogP) is -0.00870. The second-order valence-corrected chi connectivity index (χ2v) is 4.63. The molecule has 1 unspecified atom stereocenters. The third-order valence-corrected chi connectivity index (χ3v) is 3.23. The lowest BCUT2D eigenvalue weighted by Gasteiger charge is -2.14. The van der Waals surface area contributed by atoms with Crippen molar-refractivity contribution in [3.05, 3.63) is 16.6 Å². The number of nitrogens with one attached hydrogen (secondary N) is 2. The Balaban J connectivity index is 2.35. The number of amides is 2. The molecule has 0 radical (unpaired) electrons. The zero-order valence-electron chi connectivity index (χ0n) is 9.79. The van der Waals surface area contributed by atoms with E-state index >= 15 is 0 Å². The van der Waals surface area contributed by atoms with Crippen LogP contribution in [0.15, 0.2) is 11.6 Å². The van der Waals surface area contributed by atoms with E-state index in [2.05, 4.69) is 15.6 Å². The summed E-state index contributed by atoms with van der Waals surface area (Å²) in [6.07, 6.45) is 1.68. The van der Waals surface area contributed by atoms with Gasteiger partial charge in [0.15, 0.2) is 6.04 Å². The van der Waals surface area contributed by atoms with Crippen molar-refractivity contribution in [3.63, 3.8) is 0 Å². The maximum absolute atomic E-state index is 11.4. The normalized spacial score (nSPS) is 13.7. The van der Waals surface area contributed by atoms with E-state index in [0.29, 0.717) is 6.54 Å². The van der Waals surface area contributed by atoms with Crippen molar-refractivity contribution < 1.29 is 19.8 Å². The number of carbonyl (C=O) groups excluding carboxylic acids is 1. The number of nitrogens with zero attached hydrogens (tertiary/aromatic N) is 1. The lowest BCUT2D eigenvalue weighted by Crippen LogP contribution is -2.48. The molecule has 1 aromatic heterocycles. The predicted molar refractivity (Wildman–Crippen MR) is 65.6 cm³/mol. The van der Waals surface area contributed by atoms with Crippen LogP contribution >= 0.6 is 11.3 Å². The van der Waals surface area contributed by atoms with Crippen LogP contribution in [-0.2, 0) is 4.79 Å². The lowest BCUT2D eigenvalue weighted by atomic mass is 10.2. The van der Waals surface area contributed by atoms with Gasteiger partial charge in [0.25, 0.3) is 0 Å². The van der Waals surface area contributed by atoms with E-state index in [9.17, 15) is 9.59 Å². The fourth-order valence-corrected chi connectivity index (χ4v) is 1.90. The highest BCUT2D eigenvalue weighted by atomic mass is 32.1. The third-order valence-electron chi connectivity index (χ3n) is 2.23. The van der Waals surface area contributed by atoms with E-state index < -0.39 is 24.6 Å². The highest BCUT2D eigenvalue weighted by Gasteiger charge is 2.19. The smallest absolute Gasteiger partial charge is 0.328 e. The number of aromatic nitrogens is 1. The number of carbonyl (C=O) groups is 2. The number of aliphatic hydroxyl groups excluding tert-OH is 1. The Morgan fingerprint density at radius 1 is 1.56 bits per heavy atom. The highest BCUT2D eigenvalue weighted by molar-refractivity contribution is 7.09. The minimum atomic E-state index is -1.29. The van der Waals surface area contributed by atoms with E-state index in [0.717, 1.165) is 5.01 Å². The fraction of sp³-hybridized carbons (Fsp3) is 0.500. The van der Waals surface area contributed by atoms with Gasteiger partial charge in [-0.1, -0.05) is 6.92 Å². The van der Waals surface area contributed by atoms with Gasteiger partial charge < -0.3 is 20.8 Å². The maximum Gasteiger partial charge on any atom is 0.328 e. The molecule has 18 heavy (non-hydrogen) atoms. The molecule has 7 nitrogen and oxygen atoms in total. The first-order valence-electron chi connectivity index (χ1n) is 5.32. The van der Waals surface area contributed by atoms with E-state index in [-0.39, 0.29) is 5.92 Å². The van der Waals surface area contributed by atoms with Crippen LogP contribution in [-0.4, -0.2) is 46.4 Å². The summed E-state index contributed by atoms with van der Waals surface area (Å²) in [6.45, 7) is 1.60. The Morgan fingerprint density at radius 2 is 2.28 bits per heavy atom. The summed E-state index contributed by atoms with van der Waals surface area (Å²) in [5.41, 5.74) is 0. The van der Waals surface area contributed by atoms with Gasteiger partial charge in [0, 0.05) is 24.0 Å². The molecule has 1 aromatic rings. The van der Waals surface area contributed by atoms with Crippen molar-refractivity contribution in [1.29, 1.82) is 0 Å². The Labute approximate surface area is 108 Å². The van der Waals surface area contributed by atoms with E-state index in [1.165, 1.54) is 11.3 Å². The Hall–Kier alpha value is -1.67. The summed E-state index contributed by atoms with van der Waals surface area (Å²) < 4.78 is 0. The molecular formula is C10H15N3O4S. The molecule has 2 amide bonds. The molecule has 0 saturated heterocycles. The number of aliphatic hydroxyl groups is 1. The first kappa shape index (κ1) is 14.4. The summed E-state index contributed by atoms with van der Waals surface area (Å²) in [4.78, 5) is 26.1. The van der Waals surface area contributed by atoms with Crippen LogP contribution in [0.3, 0.4) is 0 Å². The van der Waals surface area contributed by atoms with Gasteiger partial charge in [0.1, 0.15) is 0 Å². The average Bonchev–Trinajstić information content (AvgIpc) is 2.86. The molecule has 0 aliphatic heterocycles. The molecule has 0 fully saturated rings. The SMILES string of the molecule is CC(CNC(=O)N[C@@H](CO)C(=O)O)c1nccs1. The Morgan fingerprint density at radius 3 is 2.78 bits per heavy atom. The third kappa shape index (κ3) is 4.30. The lowest BCUT2D eigenvalue weighted by molar-refractivity contribution is -0.140. The van der Waals surface area contributed by atoms with Crippen LogP contribution in [0, 0.1) is 0 Å². The maximum atomic E-state index is 11.4. The molecule has 1 heterocycles. The van der Waals surface area contributed by atoms with Crippen molar-refractivity contribution in [2.75, 3.05) is 13.2 Å². The number of rotatable bonds is 6. The van der Waals surface area contributed by atoms with Crippen molar-refractivity contribution in [2.24, 2.45) is 0 Å². The number of carboxylic acid groups (broad SMARTS) is 1. The van der Waals surface area contributed by atoms with E-state index in [1.807, 2.05) is 12.3 Å². The first-order valence-corrected chi connectivity index (χ1v) is 6.20. The molecule has 0 aliphatic carbocycles. The highest BCUT2D eigenvalue weighted by Crippen LogP contribution is 2.16. The molecule has 0 spiro atoms. The van der Waals surface area contributed by atoms with E-state index in [4.69, 9.17) is 10.2 Å². The van der Waals surface area contributed by atoms with Gasteiger partial charge in [-0.15, -0.1) is 11.3 Å². The van der Waals surface area contributed by atoms with Crippen LogP contribution in [0.2, 0.25) is 0 Å². The standard InChI is InChI=1S/C10H15N3O4S/c1-6(8-11-2-3-18-8)4-12-10(17)13-7(5-14)9(15)16/h2-3,6-7,14H,4-5H2,1H3,(H,15,16)(H2,12,13,17)/t6?,7-/m0/s1. The van der Waals surface area contributed by atoms with Crippen LogP contribution in [0.4, 0.5) is 4.79 Å². The number of hydrogen-bond donors (Lipinski definition) is 4. The number of urea groups is 1. The summed E-state index contributed by atoms with van der Waals surface area (Å²) in [7, 11) is 0. The summed E-state index contributed by atoms with van der Waals surface area (Å²) in [6, 6.07) is -1.92. The van der Waals surface area contributed by atoms with Crippen molar-refractivity contribution >= 4 is 23.3 Å². The minimum absolute atomic E-state index is 0.0492. The molecule has 0 saturated carbocycles. The molecule has 0 bridgehead atoms. The van der Waals surface area contributed by atoms with Crippen LogP contribution in [0.25, 0.3) is 0 Å².